The Morgan fingerprint density at radius 3 is 3.10 bits per heavy atom. The van der Waals surface area contributed by atoms with Crippen molar-refractivity contribution in [2.75, 3.05) is 5.73 Å². The smallest absolute Gasteiger partial charge is 0.235 e. The van der Waals surface area contributed by atoms with Gasteiger partial charge in [0.2, 0.25) is 5.78 Å². The van der Waals surface area contributed by atoms with Crippen LogP contribution in [0.4, 0.5) is 5.82 Å². The van der Waals surface area contributed by atoms with Crippen LogP contribution < -0.4 is 5.73 Å². The predicted molar refractivity (Wildman–Crippen MR) is 37.4 cm³/mol. The minimum atomic E-state index is 0.614. The Morgan fingerprint density at radius 2 is 2.30 bits per heavy atom. The number of nitrogen functional groups attached to an aromatic ring is 1. The molecule has 2 heterocycles. The van der Waals surface area contributed by atoms with Gasteiger partial charge in [-0.15, -0.1) is 0 Å². The van der Waals surface area contributed by atoms with Crippen molar-refractivity contribution in [3.05, 3.63) is 24.7 Å². The molecule has 2 N–H and O–H groups in total. The molecule has 0 aliphatic rings. The minimum absolute atomic E-state index is 0.614. The summed E-state index contributed by atoms with van der Waals surface area (Å²) in [6.07, 6.45) is 5.09. The molecule has 0 saturated carbocycles. The van der Waals surface area contributed by atoms with E-state index in [1.807, 2.05) is 12.3 Å². The normalized spacial score (nSPS) is 10.4. The Labute approximate surface area is 57.3 Å². The second-order valence-electron chi connectivity index (χ2n) is 1.97. The summed E-state index contributed by atoms with van der Waals surface area (Å²) in [7, 11) is 0. The Hall–Kier alpha value is -1.58. The molecule has 0 bridgehead atoms. The molecule has 0 aromatic carbocycles. The monoisotopic (exact) mass is 134 g/mol. The van der Waals surface area contributed by atoms with Crippen molar-refractivity contribution >= 4 is 11.6 Å². The second-order valence-corrected chi connectivity index (χ2v) is 1.97. The Morgan fingerprint density at radius 1 is 1.40 bits per heavy atom. The van der Waals surface area contributed by atoms with Crippen molar-refractivity contribution in [2.24, 2.45) is 0 Å². The summed E-state index contributed by atoms with van der Waals surface area (Å²) in [5.74, 6) is 1.25. The standard InChI is InChI=1S/C6H6N4/c7-5-4-9-6-8-2-1-3-10(5)6/h1-4H,7H2. The SMILES string of the molecule is Nc1cnc2ncccn12. The maximum absolute atomic E-state index is 5.54. The van der Waals surface area contributed by atoms with E-state index in [-0.39, 0.29) is 0 Å². The zero-order valence-electron chi connectivity index (χ0n) is 5.23. The lowest BCUT2D eigenvalue weighted by Gasteiger charge is -1.90. The van der Waals surface area contributed by atoms with Crippen molar-refractivity contribution in [1.29, 1.82) is 0 Å². The topological polar surface area (TPSA) is 56.2 Å². The first-order chi connectivity index (χ1) is 4.88. The molecule has 10 heavy (non-hydrogen) atoms. The van der Waals surface area contributed by atoms with E-state index < -0.39 is 0 Å². The lowest BCUT2D eigenvalue weighted by Crippen LogP contribution is -1.92. The molecule has 0 atom stereocenters. The van der Waals surface area contributed by atoms with Gasteiger partial charge in [-0.25, -0.2) is 9.97 Å². The maximum Gasteiger partial charge on any atom is 0.235 e. The highest BCUT2D eigenvalue weighted by Gasteiger charge is 1.95. The van der Waals surface area contributed by atoms with Crippen LogP contribution in [0.3, 0.4) is 0 Å². The minimum Gasteiger partial charge on any atom is -0.383 e. The van der Waals surface area contributed by atoms with Gasteiger partial charge in [-0.2, -0.15) is 0 Å². The highest BCUT2D eigenvalue weighted by atomic mass is 15.1. The number of nitrogens with two attached hydrogens (primary N) is 1. The number of fused-ring (bicyclic) bond motifs is 1. The third kappa shape index (κ3) is 0.556. The molecule has 2 rings (SSSR count). The fourth-order valence-corrected chi connectivity index (χ4v) is 0.846. The molecule has 0 saturated heterocycles. The summed E-state index contributed by atoms with van der Waals surface area (Å²) in [4.78, 5) is 7.92. The molecular formula is C6H6N4. The molecule has 0 fully saturated rings. The molecule has 4 heteroatoms. The molecule has 0 aliphatic heterocycles. The van der Waals surface area contributed by atoms with Crippen LogP contribution in [-0.4, -0.2) is 14.4 Å². The molecule has 4 nitrogen and oxygen atoms in total. The van der Waals surface area contributed by atoms with Crippen molar-refractivity contribution < 1.29 is 0 Å². The van der Waals surface area contributed by atoms with Gasteiger partial charge in [0.1, 0.15) is 5.82 Å². The van der Waals surface area contributed by atoms with E-state index in [2.05, 4.69) is 9.97 Å². The average molecular weight is 134 g/mol. The van der Waals surface area contributed by atoms with E-state index in [1.165, 1.54) is 0 Å². The van der Waals surface area contributed by atoms with Gasteiger partial charge < -0.3 is 5.73 Å². The van der Waals surface area contributed by atoms with Gasteiger partial charge in [0, 0.05) is 12.4 Å². The highest BCUT2D eigenvalue weighted by Crippen LogP contribution is 2.02. The van der Waals surface area contributed by atoms with Crippen LogP contribution in [0.1, 0.15) is 0 Å². The number of imidazole rings is 1. The summed E-state index contributed by atoms with van der Waals surface area (Å²) in [5.41, 5.74) is 5.54. The largest absolute Gasteiger partial charge is 0.383 e. The summed E-state index contributed by atoms with van der Waals surface area (Å²) in [6, 6.07) is 1.81. The predicted octanol–water partition coefficient (Wildman–Crippen LogP) is 0.312. The Bertz CT molecular complexity index is 351. The zero-order chi connectivity index (χ0) is 6.97. The quantitative estimate of drug-likeness (QED) is 0.564. The first-order valence-electron chi connectivity index (χ1n) is 2.91. The van der Waals surface area contributed by atoms with Crippen molar-refractivity contribution in [3.8, 4) is 0 Å². The van der Waals surface area contributed by atoms with Gasteiger partial charge in [0.15, 0.2) is 0 Å². The van der Waals surface area contributed by atoms with E-state index in [0.29, 0.717) is 11.6 Å². The highest BCUT2D eigenvalue weighted by molar-refractivity contribution is 5.40. The van der Waals surface area contributed by atoms with Gasteiger partial charge in [-0.3, -0.25) is 4.40 Å². The summed E-state index contributed by atoms with van der Waals surface area (Å²) in [5, 5.41) is 0. The lowest BCUT2D eigenvalue weighted by molar-refractivity contribution is 1.12. The Kier molecular flexibility index (Phi) is 0.887. The van der Waals surface area contributed by atoms with E-state index >= 15 is 0 Å². The van der Waals surface area contributed by atoms with Crippen LogP contribution in [0.25, 0.3) is 5.78 Å². The van der Waals surface area contributed by atoms with Crippen LogP contribution in [0, 0.1) is 0 Å². The number of hydrogen-bond donors (Lipinski definition) is 1. The molecule has 0 amide bonds. The van der Waals surface area contributed by atoms with Crippen LogP contribution in [0.5, 0.6) is 0 Å². The molecule has 0 unspecified atom stereocenters. The van der Waals surface area contributed by atoms with E-state index in [1.54, 1.807) is 16.8 Å². The van der Waals surface area contributed by atoms with Crippen LogP contribution in [-0.2, 0) is 0 Å². The maximum atomic E-state index is 5.54. The third-order valence-corrected chi connectivity index (χ3v) is 1.32. The molecule has 0 radical (unpaired) electrons. The van der Waals surface area contributed by atoms with Gasteiger partial charge in [-0.05, 0) is 6.07 Å². The molecule has 2 aromatic heterocycles. The third-order valence-electron chi connectivity index (χ3n) is 1.32. The van der Waals surface area contributed by atoms with E-state index in [4.69, 9.17) is 5.73 Å². The van der Waals surface area contributed by atoms with Gasteiger partial charge in [-0.1, -0.05) is 0 Å². The van der Waals surface area contributed by atoms with Crippen LogP contribution in [0.2, 0.25) is 0 Å². The number of rotatable bonds is 0. The van der Waals surface area contributed by atoms with Crippen molar-refractivity contribution in [3.63, 3.8) is 0 Å². The Balaban J connectivity index is 2.93. The van der Waals surface area contributed by atoms with E-state index in [9.17, 15) is 0 Å². The zero-order valence-corrected chi connectivity index (χ0v) is 5.23. The van der Waals surface area contributed by atoms with Gasteiger partial charge in [0.05, 0.1) is 6.20 Å². The lowest BCUT2D eigenvalue weighted by atomic mass is 10.6. The second kappa shape index (κ2) is 1.70. The van der Waals surface area contributed by atoms with Crippen LogP contribution >= 0.6 is 0 Å². The van der Waals surface area contributed by atoms with E-state index in [0.717, 1.165) is 0 Å². The van der Waals surface area contributed by atoms with Crippen molar-refractivity contribution in [1.82, 2.24) is 14.4 Å². The first-order valence-corrected chi connectivity index (χ1v) is 2.91. The fourth-order valence-electron chi connectivity index (χ4n) is 0.846. The number of anilines is 1. The summed E-state index contributed by atoms with van der Waals surface area (Å²) < 4.78 is 1.72. The molecular weight excluding hydrogens is 128 g/mol. The van der Waals surface area contributed by atoms with Crippen molar-refractivity contribution in [2.45, 2.75) is 0 Å². The number of aromatic nitrogens is 3. The molecule has 0 aliphatic carbocycles. The fraction of sp³-hybridized carbons (Fsp3) is 0. The molecule has 0 spiro atoms. The first kappa shape index (κ1) is 5.22. The van der Waals surface area contributed by atoms with Gasteiger partial charge in [0.25, 0.3) is 0 Å². The summed E-state index contributed by atoms with van der Waals surface area (Å²) in [6.45, 7) is 0. The van der Waals surface area contributed by atoms with Gasteiger partial charge >= 0.3 is 0 Å². The number of nitrogens with zero attached hydrogens (tertiary/aromatic N) is 3. The molecule has 2 aromatic rings. The average Bonchev–Trinajstić information content (AvgIpc) is 2.34. The summed E-state index contributed by atoms with van der Waals surface area (Å²) >= 11 is 0. The molecule has 50 valence electrons. The number of hydrogen-bond acceptors (Lipinski definition) is 3. The van der Waals surface area contributed by atoms with Crippen LogP contribution in [0.15, 0.2) is 24.7 Å².